The number of halogens is 2. The summed E-state index contributed by atoms with van der Waals surface area (Å²) in [4.78, 5) is 10.5. The first kappa shape index (κ1) is 11.4. The summed E-state index contributed by atoms with van der Waals surface area (Å²) in [7, 11) is 1.45. The Hall–Kier alpha value is -0.690. The average Bonchev–Trinajstić information content (AvgIpc) is 2.08. The number of hydrogen-bond acceptors (Lipinski definition) is 2. The van der Waals surface area contributed by atoms with Gasteiger partial charge in [-0.25, -0.2) is 4.79 Å². The number of rotatable bonds is 2. The predicted molar refractivity (Wildman–Crippen MR) is 62.4 cm³/mol. The van der Waals surface area contributed by atoms with Gasteiger partial charge in [0, 0.05) is 14.7 Å². The molecule has 0 saturated heterocycles. The fourth-order valence-corrected chi connectivity index (χ4v) is 2.07. The summed E-state index contributed by atoms with van der Waals surface area (Å²) >= 11 is 7.76. The van der Waals surface area contributed by atoms with E-state index >= 15 is 0 Å². The normalized spacial score (nSPS) is 9.64. The second-order valence-corrected chi connectivity index (χ2v) is 3.99. The van der Waals surface area contributed by atoms with E-state index in [1.807, 2.05) is 22.6 Å². The Labute approximate surface area is 99.3 Å². The quantitative estimate of drug-likeness (QED) is 0.821. The van der Waals surface area contributed by atoms with Crippen LogP contribution in [0.4, 0.5) is 10.5 Å². The fraction of sp³-hybridized carbons (Fsp3) is 0.125. The van der Waals surface area contributed by atoms with E-state index in [0.717, 1.165) is 0 Å². The van der Waals surface area contributed by atoms with Gasteiger partial charge in [-0.15, -0.1) is 0 Å². The molecule has 0 heterocycles. The van der Waals surface area contributed by atoms with Crippen molar-refractivity contribution in [3.8, 4) is 5.75 Å². The molecule has 4 nitrogen and oxygen atoms in total. The van der Waals surface area contributed by atoms with Crippen molar-refractivity contribution in [3.05, 3.63) is 20.7 Å². The highest BCUT2D eigenvalue weighted by atomic mass is 127. The van der Waals surface area contributed by atoms with Gasteiger partial charge in [-0.05, 0) is 28.7 Å². The second kappa shape index (κ2) is 4.70. The van der Waals surface area contributed by atoms with Gasteiger partial charge in [0.15, 0.2) is 0 Å². The number of hydrogen-bond donors (Lipinski definition) is 2. The third-order valence-corrected chi connectivity index (χ3v) is 2.54. The van der Waals surface area contributed by atoms with Gasteiger partial charge in [-0.2, -0.15) is 0 Å². The smallest absolute Gasteiger partial charge is 0.409 e. The zero-order valence-electron chi connectivity index (χ0n) is 7.17. The maximum Gasteiger partial charge on any atom is 0.409 e. The number of anilines is 1. The van der Waals surface area contributed by atoms with E-state index in [-0.39, 0.29) is 0 Å². The van der Waals surface area contributed by atoms with Crippen LogP contribution in [0.25, 0.3) is 0 Å². The minimum absolute atomic E-state index is 0.407. The van der Waals surface area contributed by atoms with Gasteiger partial charge in [0.25, 0.3) is 0 Å². The van der Waals surface area contributed by atoms with E-state index in [1.54, 1.807) is 12.1 Å². The molecule has 0 aromatic heterocycles. The maximum atomic E-state index is 10.5. The Bertz CT molecular complexity index is 370. The summed E-state index contributed by atoms with van der Waals surface area (Å²) in [6, 6.07) is 3.20. The van der Waals surface area contributed by atoms with Crippen molar-refractivity contribution < 1.29 is 14.6 Å². The van der Waals surface area contributed by atoms with Crippen LogP contribution in [0.5, 0.6) is 5.75 Å². The van der Waals surface area contributed by atoms with E-state index < -0.39 is 6.09 Å². The summed E-state index contributed by atoms with van der Waals surface area (Å²) in [6.07, 6.45) is -1.14. The third-order valence-electron chi connectivity index (χ3n) is 1.47. The number of carbonyl (C=O) groups is 1. The van der Waals surface area contributed by atoms with Crippen molar-refractivity contribution in [2.75, 3.05) is 12.4 Å². The molecule has 1 amide bonds. The Balaban J connectivity index is 3.18. The summed E-state index contributed by atoms with van der Waals surface area (Å²) < 4.78 is 5.68. The molecule has 14 heavy (non-hydrogen) atoms. The van der Waals surface area contributed by atoms with Gasteiger partial charge in [0.05, 0.1) is 12.8 Å². The molecule has 0 bridgehead atoms. The lowest BCUT2D eigenvalue weighted by Gasteiger charge is -2.10. The van der Waals surface area contributed by atoms with Gasteiger partial charge in [-0.3, -0.25) is 5.32 Å². The zero-order chi connectivity index (χ0) is 10.7. The van der Waals surface area contributed by atoms with Crippen LogP contribution in [0, 0.1) is 3.57 Å². The molecule has 0 unspecified atom stereocenters. The van der Waals surface area contributed by atoms with Crippen molar-refractivity contribution in [3.63, 3.8) is 0 Å². The van der Waals surface area contributed by atoms with Gasteiger partial charge in [-0.1, -0.05) is 11.6 Å². The van der Waals surface area contributed by atoms with Crippen LogP contribution in [-0.2, 0) is 0 Å². The lowest BCUT2D eigenvalue weighted by molar-refractivity contribution is 0.209. The van der Waals surface area contributed by atoms with E-state index in [4.69, 9.17) is 21.4 Å². The largest absolute Gasteiger partial charge is 0.494 e. The molecule has 1 rings (SSSR count). The van der Waals surface area contributed by atoms with Crippen molar-refractivity contribution in [1.29, 1.82) is 0 Å². The van der Waals surface area contributed by atoms with Crippen LogP contribution in [0.15, 0.2) is 12.1 Å². The Morgan fingerprint density at radius 3 is 2.79 bits per heavy atom. The number of ether oxygens (including phenoxy) is 1. The molecule has 0 saturated carbocycles. The van der Waals surface area contributed by atoms with Crippen LogP contribution in [0.3, 0.4) is 0 Å². The van der Waals surface area contributed by atoms with Crippen LogP contribution in [-0.4, -0.2) is 18.3 Å². The molecular formula is C8H7ClINO3. The zero-order valence-corrected chi connectivity index (χ0v) is 10.1. The lowest BCUT2D eigenvalue weighted by atomic mass is 10.3. The molecule has 0 aliphatic rings. The van der Waals surface area contributed by atoms with Crippen molar-refractivity contribution in [2.45, 2.75) is 0 Å². The molecule has 0 aliphatic heterocycles. The van der Waals surface area contributed by atoms with E-state index in [1.165, 1.54) is 7.11 Å². The average molecular weight is 328 g/mol. The van der Waals surface area contributed by atoms with Crippen molar-refractivity contribution >= 4 is 46.0 Å². The highest BCUT2D eigenvalue weighted by Gasteiger charge is 2.11. The first-order valence-electron chi connectivity index (χ1n) is 3.57. The first-order valence-corrected chi connectivity index (χ1v) is 5.03. The molecule has 76 valence electrons. The number of benzene rings is 1. The minimum Gasteiger partial charge on any atom is -0.494 e. The SMILES string of the molecule is COc1cc(Cl)cc(I)c1NC(=O)O. The molecular weight excluding hydrogens is 320 g/mol. The lowest BCUT2D eigenvalue weighted by Crippen LogP contribution is -2.09. The second-order valence-electron chi connectivity index (χ2n) is 2.40. The van der Waals surface area contributed by atoms with Gasteiger partial charge in [0.1, 0.15) is 5.75 Å². The van der Waals surface area contributed by atoms with Gasteiger partial charge < -0.3 is 9.84 Å². The first-order chi connectivity index (χ1) is 6.54. The monoisotopic (exact) mass is 327 g/mol. The summed E-state index contributed by atoms with van der Waals surface area (Å²) in [5.41, 5.74) is 0.407. The Morgan fingerprint density at radius 2 is 2.29 bits per heavy atom. The minimum atomic E-state index is -1.14. The number of nitrogens with one attached hydrogen (secondary N) is 1. The van der Waals surface area contributed by atoms with Gasteiger partial charge >= 0.3 is 6.09 Å². The summed E-state index contributed by atoms with van der Waals surface area (Å²) in [5.74, 6) is 0.407. The molecule has 1 aromatic carbocycles. The molecule has 6 heteroatoms. The topological polar surface area (TPSA) is 58.6 Å². The third kappa shape index (κ3) is 2.65. The van der Waals surface area contributed by atoms with E-state index in [2.05, 4.69) is 5.32 Å². The van der Waals surface area contributed by atoms with Gasteiger partial charge in [0.2, 0.25) is 0 Å². The standard InChI is InChI=1S/C8H7ClINO3/c1-14-6-3-4(9)2-5(10)7(6)11-8(12)13/h2-3,11H,1H3,(H,12,13). The number of amides is 1. The number of methoxy groups -OCH3 is 1. The molecule has 0 fully saturated rings. The van der Waals surface area contributed by atoms with Crippen LogP contribution in [0.1, 0.15) is 0 Å². The Morgan fingerprint density at radius 1 is 1.64 bits per heavy atom. The predicted octanol–water partition coefficient (Wildman–Crippen LogP) is 3.04. The number of carboxylic acid groups (broad SMARTS) is 1. The molecule has 1 aromatic rings. The highest BCUT2D eigenvalue weighted by molar-refractivity contribution is 14.1. The highest BCUT2D eigenvalue weighted by Crippen LogP contribution is 2.33. The molecule has 0 atom stereocenters. The summed E-state index contributed by atoms with van der Waals surface area (Å²) in [6.45, 7) is 0. The van der Waals surface area contributed by atoms with Crippen molar-refractivity contribution in [2.24, 2.45) is 0 Å². The van der Waals surface area contributed by atoms with Crippen LogP contribution in [0.2, 0.25) is 5.02 Å². The maximum absolute atomic E-state index is 10.5. The Kier molecular flexibility index (Phi) is 3.82. The van der Waals surface area contributed by atoms with Crippen LogP contribution >= 0.6 is 34.2 Å². The molecule has 2 N–H and O–H groups in total. The fourth-order valence-electron chi connectivity index (χ4n) is 0.939. The van der Waals surface area contributed by atoms with E-state index in [9.17, 15) is 4.79 Å². The molecule has 0 spiro atoms. The molecule has 0 aliphatic carbocycles. The molecule has 0 radical (unpaired) electrons. The van der Waals surface area contributed by atoms with E-state index in [0.29, 0.717) is 20.0 Å². The van der Waals surface area contributed by atoms with Crippen molar-refractivity contribution in [1.82, 2.24) is 0 Å². The summed E-state index contributed by atoms with van der Waals surface area (Å²) in [5, 5.41) is 11.3. The van der Waals surface area contributed by atoms with Crippen LogP contribution < -0.4 is 10.1 Å².